The predicted molar refractivity (Wildman–Crippen MR) is 164 cm³/mol. The third kappa shape index (κ3) is 9.02. The number of hydrogen-bond acceptors (Lipinski definition) is 24. The van der Waals surface area contributed by atoms with Gasteiger partial charge in [-0.05, 0) is 6.92 Å². The van der Waals surface area contributed by atoms with E-state index >= 15 is 0 Å². The van der Waals surface area contributed by atoms with Gasteiger partial charge < -0.3 is 119 Å². The van der Waals surface area contributed by atoms with E-state index in [-0.39, 0.29) is 6.42 Å². The standard InChI is InChI=1S/C30H52O24/c1-7-8(35)2-9(36)27(46-7)53-24-21(44)30(54-25-17(40)15(38)10(3-31)47-26(25)45)50-13(6-34)23(24)52-29-20(43)18(41)22(12(5-33)49-29)51-28-19(42)16(39)14(37)11(4-32)48-28/h7-45H,2-6H2,1H3/t7-,8-,9-,10-,11-,12-,13-,14-,15-,16+,17+,18-,19-,20-,21+,22-,23-,24-,25+,26+,27-,28-,29+,30-/m1/s1. The summed E-state index contributed by atoms with van der Waals surface area (Å²) in [5.74, 6) is 0. The fourth-order valence-electron chi connectivity index (χ4n) is 6.89. The SMILES string of the molecule is C[C@H]1O[C@H](O[C@@H]2[C@H](O)[C@@H](O[C@H]3[C@@H](O)[C@H](O)[C@@H](CO)O[C@@H]3O)O[C@H](CO)[C@H]2O[C@@H]2O[C@H](CO)[C@@H](O[C@H]3O[C@H](CO)[C@@H](O)[C@H](O)[C@H]3O)[C@H](O)[C@H]2O)[C@H](O)C[C@H]1O. The maximum Gasteiger partial charge on any atom is 0.187 e. The van der Waals surface area contributed by atoms with Crippen molar-refractivity contribution in [1.29, 1.82) is 0 Å². The van der Waals surface area contributed by atoms with E-state index < -0.39 is 174 Å². The van der Waals surface area contributed by atoms with E-state index in [0.29, 0.717) is 0 Å². The van der Waals surface area contributed by atoms with E-state index in [1.807, 2.05) is 0 Å². The van der Waals surface area contributed by atoms with Crippen molar-refractivity contribution in [3.8, 4) is 0 Å². The smallest absolute Gasteiger partial charge is 0.187 e. The lowest BCUT2D eigenvalue weighted by molar-refractivity contribution is -0.402. The predicted octanol–water partition coefficient (Wildman–Crippen LogP) is -9.87. The highest BCUT2D eigenvalue weighted by Crippen LogP contribution is 2.36. The fourth-order valence-corrected chi connectivity index (χ4v) is 6.89. The van der Waals surface area contributed by atoms with E-state index in [2.05, 4.69) is 0 Å². The lowest BCUT2D eigenvalue weighted by atomic mass is 9.95. The van der Waals surface area contributed by atoms with Gasteiger partial charge >= 0.3 is 0 Å². The molecule has 24 nitrogen and oxygen atoms in total. The summed E-state index contributed by atoms with van der Waals surface area (Å²) in [6, 6.07) is 0. The fraction of sp³-hybridized carbons (Fsp3) is 1.00. The summed E-state index contributed by atoms with van der Waals surface area (Å²) in [5.41, 5.74) is 0. The summed E-state index contributed by atoms with van der Waals surface area (Å²) in [4.78, 5) is 0. The zero-order valence-electron chi connectivity index (χ0n) is 28.8. The quantitative estimate of drug-likeness (QED) is 0.0871. The Morgan fingerprint density at radius 1 is 0.389 bits per heavy atom. The second-order valence-electron chi connectivity index (χ2n) is 13.8. The zero-order valence-corrected chi connectivity index (χ0v) is 28.8. The second kappa shape index (κ2) is 18.7. The van der Waals surface area contributed by atoms with Gasteiger partial charge in [-0.25, -0.2) is 0 Å². The zero-order chi connectivity index (χ0) is 39.8. The molecule has 0 bridgehead atoms. The van der Waals surface area contributed by atoms with Crippen molar-refractivity contribution in [3.05, 3.63) is 0 Å². The van der Waals surface area contributed by atoms with Crippen molar-refractivity contribution in [3.63, 3.8) is 0 Å². The number of hydrogen-bond donors (Lipinski definition) is 15. The van der Waals surface area contributed by atoms with Gasteiger partial charge in [0.25, 0.3) is 0 Å². The highest BCUT2D eigenvalue weighted by atomic mass is 16.8. The Balaban J connectivity index is 1.37. The van der Waals surface area contributed by atoms with E-state index in [4.69, 9.17) is 42.6 Å². The molecule has 54 heavy (non-hydrogen) atoms. The molecule has 316 valence electrons. The average Bonchev–Trinajstić information content (AvgIpc) is 3.15. The second-order valence-corrected chi connectivity index (χ2v) is 13.8. The molecule has 0 spiro atoms. The van der Waals surface area contributed by atoms with E-state index in [1.165, 1.54) is 6.92 Å². The molecule has 0 amide bonds. The molecule has 0 aromatic rings. The molecule has 5 aliphatic heterocycles. The molecular formula is C30H52O24. The van der Waals surface area contributed by atoms with Crippen LogP contribution in [-0.4, -0.2) is 250 Å². The highest BCUT2D eigenvalue weighted by Gasteiger charge is 2.56. The van der Waals surface area contributed by atoms with Crippen molar-refractivity contribution in [1.82, 2.24) is 0 Å². The largest absolute Gasteiger partial charge is 0.394 e. The van der Waals surface area contributed by atoms with Crippen LogP contribution >= 0.6 is 0 Å². The van der Waals surface area contributed by atoms with Gasteiger partial charge in [-0.3, -0.25) is 0 Å². The molecule has 15 N–H and O–H groups in total. The minimum atomic E-state index is -2.09. The van der Waals surface area contributed by atoms with Gasteiger partial charge in [-0.1, -0.05) is 0 Å². The summed E-state index contributed by atoms with van der Waals surface area (Å²) in [6.45, 7) is -2.03. The first-order chi connectivity index (χ1) is 25.6. The molecule has 5 fully saturated rings. The van der Waals surface area contributed by atoms with E-state index in [1.54, 1.807) is 0 Å². The van der Waals surface area contributed by atoms with Crippen molar-refractivity contribution < 1.29 is 119 Å². The summed E-state index contributed by atoms with van der Waals surface area (Å²) in [7, 11) is 0. The molecule has 24 heteroatoms. The summed E-state index contributed by atoms with van der Waals surface area (Å²) in [6.07, 6.45) is -41.5. The third-order valence-electron chi connectivity index (χ3n) is 10.2. The lowest BCUT2D eigenvalue weighted by Gasteiger charge is -2.50. The van der Waals surface area contributed by atoms with Gasteiger partial charge in [0.2, 0.25) is 0 Å². The Kier molecular flexibility index (Phi) is 15.3. The minimum Gasteiger partial charge on any atom is -0.394 e. The molecule has 5 saturated heterocycles. The Hall–Kier alpha value is -0.960. The normalized spacial score (nSPS) is 53.3. The average molecular weight is 797 g/mol. The van der Waals surface area contributed by atoms with Crippen LogP contribution in [0.2, 0.25) is 0 Å². The van der Waals surface area contributed by atoms with E-state index in [0.717, 1.165) is 0 Å². The summed E-state index contributed by atoms with van der Waals surface area (Å²) < 4.78 is 50.4. The summed E-state index contributed by atoms with van der Waals surface area (Å²) >= 11 is 0. The Bertz CT molecular complexity index is 1150. The first-order valence-electron chi connectivity index (χ1n) is 17.4. The van der Waals surface area contributed by atoms with Gasteiger partial charge in [0.1, 0.15) is 104 Å². The third-order valence-corrected chi connectivity index (χ3v) is 10.2. The van der Waals surface area contributed by atoms with Gasteiger partial charge in [-0.15, -0.1) is 0 Å². The molecule has 0 saturated carbocycles. The summed E-state index contributed by atoms with van der Waals surface area (Å²) in [5, 5.41) is 156. The first-order valence-corrected chi connectivity index (χ1v) is 17.4. The Morgan fingerprint density at radius 2 is 0.815 bits per heavy atom. The van der Waals surface area contributed by atoms with Crippen LogP contribution in [0.1, 0.15) is 13.3 Å². The van der Waals surface area contributed by atoms with Crippen LogP contribution in [0.25, 0.3) is 0 Å². The monoisotopic (exact) mass is 796 g/mol. The maximum atomic E-state index is 11.6. The topological polar surface area (TPSA) is 387 Å². The minimum absolute atomic E-state index is 0.244. The molecule has 0 unspecified atom stereocenters. The van der Waals surface area contributed by atoms with Crippen molar-refractivity contribution >= 4 is 0 Å². The molecule has 5 heterocycles. The first kappa shape index (κ1) is 44.1. The molecule has 24 atom stereocenters. The van der Waals surface area contributed by atoms with Crippen molar-refractivity contribution in [2.75, 3.05) is 26.4 Å². The molecule has 5 rings (SSSR count). The Morgan fingerprint density at radius 3 is 1.41 bits per heavy atom. The van der Waals surface area contributed by atoms with Gasteiger partial charge in [0, 0.05) is 6.42 Å². The number of aliphatic hydroxyl groups is 15. The van der Waals surface area contributed by atoms with Crippen LogP contribution in [0.3, 0.4) is 0 Å². The van der Waals surface area contributed by atoms with Gasteiger partial charge in [0.05, 0.1) is 38.6 Å². The molecule has 5 aliphatic rings. The number of aliphatic hydroxyl groups excluding tert-OH is 15. The highest BCUT2D eigenvalue weighted by molar-refractivity contribution is 4.98. The molecular weight excluding hydrogens is 744 g/mol. The van der Waals surface area contributed by atoms with Crippen molar-refractivity contribution in [2.24, 2.45) is 0 Å². The number of ether oxygens (including phenoxy) is 9. The number of rotatable bonds is 12. The van der Waals surface area contributed by atoms with Gasteiger partial charge in [-0.2, -0.15) is 0 Å². The van der Waals surface area contributed by atoms with Crippen LogP contribution in [0, 0.1) is 0 Å². The Labute approximate surface area is 306 Å². The maximum absolute atomic E-state index is 11.6. The van der Waals surface area contributed by atoms with Crippen LogP contribution in [-0.2, 0) is 42.6 Å². The molecule has 0 aromatic heterocycles. The van der Waals surface area contributed by atoms with Crippen LogP contribution in [0.5, 0.6) is 0 Å². The molecule has 0 aromatic carbocycles. The van der Waals surface area contributed by atoms with Crippen LogP contribution in [0.15, 0.2) is 0 Å². The van der Waals surface area contributed by atoms with E-state index in [9.17, 15) is 76.6 Å². The van der Waals surface area contributed by atoms with Crippen LogP contribution in [0.4, 0.5) is 0 Å². The molecule has 0 aliphatic carbocycles. The van der Waals surface area contributed by atoms with Crippen LogP contribution < -0.4 is 0 Å². The van der Waals surface area contributed by atoms with Gasteiger partial charge in [0.15, 0.2) is 31.5 Å². The lowest BCUT2D eigenvalue weighted by Crippen LogP contribution is -2.68. The molecule has 0 radical (unpaired) electrons. The van der Waals surface area contributed by atoms with Crippen molar-refractivity contribution in [2.45, 2.75) is 161 Å².